The molecule has 0 amide bonds. The molecule has 1 aromatic carbocycles. The Kier molecular flexibility index (Phi) is 4.71. The standard InChI is InChI=1S/C13H17NO4/c1-3-13(11(15)16,12(17)18-4-2)14-10-8-6-5-7-9-10/h5-9,14H,3-4H2,1-2H3,(H,15,16). The van der Waals surface area contributed by atoms with Gasteiger partial charge in [0.05, 0.1) is 6.61 Å². The molecule has 1 unspecified atom stereocenters. The predicted molar refractivity (Wildman–Crippen MR) is 67.4 cm³/mol. The minimum atomic E-state index is -1.74. The monoisotopic (exact) mass is 251 g/mol. The highest BCUT2D eigenvalue weighted by molar-refractivity contribution is 6.07. The lowest BCUT2D eigenvalue weighted by molar-refractivity contribution is -0.159. The van der Waals surface area contributed by atoms with Crippen LogP contribution in [0.3, 0.4) is 0 Å². The van der Waals surface area contributed by atoms with Crippen molar-refractivity contribution in [2.75, 3.05) is 11.9 Å². The van der Waals surface area contributed by atoms with Crippen molar-refractivity contribution in [3.8, 4) is 0 Å². The summed E-state index contributed by atoms with van der Waals surface area (Å²) >= 11 is 0. The average Bonchev–Trinajstić information content (AvgIpc) is 2.37. The number of carbonyl (C=O) groups is 2. The molecule has 0 aliphatic carbocycles. The maximum absolute atomic E-state index is 11.9. The first kappa shape index (κ1) is 14.0. The van der Waals surface area contributed by atoms with Crippen molar-refractivity contribution >= 4 is 17.6 Å². The molecule has 0 aliphatic heterocycles. The summed E-state index contributed by atoms with van der Waals surface area (Å²) in [6, 6.07) is 8.73. The molecule has 0 aliphatic rings. The fraction of sp³-hybridized carbons (Fsp3) is 0.385. The van der Waals surface area contributed by atoms with Gasteiger partial charge in [0.15, 0.2) is 0 Å². The topological polar surface area (TPSA) is 75.6 Å². The van der Waals surface area contributed by atoms with E-state index in [-0.39, 0.29) is 13.0 Å². The van der Waals surface area contributed by atoms with Gasteiger partial charge in [0.1, 0.15) is 0 Å². The van der Waals surface area contributed by atoms with Gasteiger partial charge in [-0.1, -0.05) is 25.1 Å². The number of para-hydroxylation sites is 1. The van der Waals surface area contributed by atoms with Gasteiger partial charge in [-0.3, -0.25) is 0 Å². The van der Waals surface area contributed by atoms with Crippen molar-refractivity contribution in [3.63, 3.8) is 0 Å². The quantitative estimate of drug-likeness (QED) is 0.596. The van der Waals surface area contributed by atoms with Crippen LogP contribution in [0.2, 0.25) is 0 Å². The summed E-state index contributed by atoms with van der Waals surface area (Å²) in [5, 5.41) is 12.1. The largest absolute Gasteiger partial charge is 0.479 e. The van der Waals surface area contributed by atoms with Crippen LogP contribution in [0.5, 0.6) is 0 Å². The highest BCUT2D eigenvalue weighted by atomic mass is 16.5. The number of carboxylic acids is 1. The summed E-state index contributed by atoms with van der Waals surface area (Å²) in [4.78, 5) is 23.3. The van der Waals surface area contributed by atoms with Crippen molar-refractivity contribution in [2.24, 2.45) is 0 Å². The molecular weight excluding hydrogens is 234 g/mol. The van der Waals surface area contributed by atoms with Crippen LogP contribution in [0.1, 0.15) is 20.3 Å². The van der Waals surface area contributed by atoms with E-state index in [1.807, 2.05) is 6.07 Å². The Hall–Kier alpha value is -2.04. The summed E-state index contributed by atoms with van der Waals surface area (Å²) in [6.07, 6.45) is 0.0933. The van der Waals surface area contributed by atoms with Crippen LogP contribution in [0.4, 0.5) is 5.69 Å². The van der Waals surface area contributed by atoms with Gasteiger partial charge in [0.2, 0.25) is 5.54 Å². The van der Waals surface area contributed by atoms with Crippen LogP contribution in [-0.2, 0) is 14.3 Å². The van der Waals surface area contributed by atoms with Crippen LogP contribution in [-0.4, -0.2) is 29.2 Å². The molecule has 18 heavy (non-hydrogen) atoms. The summed E-state index contributed by atoms with van der Waals surface area (Å²) in [7, 11) is 0. The van der Waals surface area contributed by atoms with E-state index in [4.69, 9.17) is 4.74 Å². The SMILES string of the molecule is CCOC(=O)C(CC)(Nc1ccccc1)C(=O)O. The molecule has 0 bridgehead atoms. The zero-order valence-electron chi connectivity index (χ0n) is 10.5. The first-order chi connectivity index (χ1) is 8.56. The molecule has 1 rings (SSSR count). The van der Waals surface area contributed by atoms with Gasteiger partial charge in [-0.25, -0.2) is 9.59 Å². The van der Waals surface area contributed by atoms with E-state index in [1.165, 1.54) is 0 Å². The zero-order chi connectivity index (χ0) is 13.6. The molecule has 5 nitrogen and oxygen atoms in total. The third-order valence-corrected chi connectivity index (χ3v) is 2.65. The Morgan fingerprint density at radius 1 is 1.28 bits per heavy atom. The number of hydrogen-bond donors (Lipinski definition) is 2. The Morgan fingerprint density at radius 2 is 1.89 bits per heavy atom. The molecule has 0 radical (unpaired) electrons. The minimum absolute atomic E-state index is 0.0933. The van der Waals surface area contributed by atoms with E-state index in [2.05, 4.69) is 5.32 Å². The van der Waals surface area contributed by atoms with E-state index in [1.54, 1.807) is 38.1 Å². The van der Waals surface area contributed by atoms with Gasteiger partial charge in [0.25, 0.3) is 0 Å². The Balaban J connectivity index is 3.05. The van der Waals surface area contributed by atoms with Gasteiger partial charge < -0.3 is 15.2 Å². The molecule has 0 aromatic heterocycles. The van der Waals surface area contributed by atoms with Gasteiger partial charge in [-0.15, -0.1) is 0 Å². The number of esters is 1. The van der Waals surface area contributed by atoms with E-state index >= 15 is 0 Å². The summed E-state index contributed by atoms with van der Waals surface area (Å²) in [5.41, 5.74) is -1.17. The fourth-order valence-corrected chi connectivity index (χ4v) is 1.60. The average molecular weight is 251 g/mol. The number of anilines is 1. The van der Waals surface area contributed by atoms with Crippen molar-refractivity contribution in [1.29, 1.82) is 0 Å². The number of rotatable bonds is 6. The van der Waals surface area contributed by atoms with Gasteiger partial charge >= 0.3 is 11.9 Å². The van der Waals surface area contributed by atoms with Crippen molar-refractivity contribution < 1.29 is 19.4 Å². The van der Waals surface area contributed by atoms with Crippen molar-refractivity contribution in [3.05, 3.63) is 30.3 Å². The second-order valence-electron chi connectivity index (χ2n) is 3.78. The van der Waals surface area contributed by atoms with Gasteiger partial charge in [0, 0.05) is 5.69 Å². The van der Waals surface area contributed by atoms with Crippen LogP contribution < -0.4 is 5.32 Å². The van der Waals surface area contributed by atoms with E-state index < -0.39 is 17.5 Å². The normalized spacial score (nSPS) is 13.4. The molecule has 0 saturated carbocycles. The molecule has 0 spiro atoms. The highest BCUT2D eigenvalue weighted by Gasteiger charge is 2.46. The number of benzene rings is 1. The van der Waals surface area contributed by atoms with Gasteiger partial charge in [-0.05, 0) is 25.5 Å². The van der Waals surface area contributed by atoms with E-state index in [0.717, 1.165) is 0 Å². The Labute approximate surface area is 106 Å². The first-order valence-corrected chi connectivity index (χ1v) is 5.80. The van der Waals surface area contributed by atoms with E-state index in [9.17, 15) is 14.7 Å². The minimum Gasteiger partial charge on any atom is -0.479 e. The van der Waals surface area contributed by atoms with Crippen molar-refractivity contribution in [2.45, 2.75) is 25.8 Å². The van der Waals surface area contributed by atoms with Crippen molar-refractivity contribution in [1.82, 2.24) is 0 Å². The van der Waals surface area contributed by atoms with E-state index in [0.29, 0.717) is 5.69 Å². The third kappa shape index (κ3) is 2.80. The smallest absolute Gasteiger partial charge is 0.343 e. The number of hydrogen-bond acceptors (Lipinski definition) is 4. The maximum atomic E-state index is 11.9. The number of aliphatic carboxylic acids is 1. The first-order valence-electron chi connectivity index (χ1n) is 5.80. The van der Waals surface area contributed by atoms with Gasteiger partial charge in [-0.2, -0.15) is 0 Å². The second kappa shape index (κ2) is 6.05. The molecule has 0 fully saturated rings. The number of carbonyl (C=O) groups excluding carboxylic acids is 1. The predicted octanol–water partition coefficient (Wildman–Crippen LogP) is 1.89. The number of ether oxygens (including phenoxy) is 1. The summed E-state index contributed by atoms with van der Waals surface area (Å²) < 4.78 is 4.85. The third-order valence-electron chi connectivity index (χ3n) is 2.65. The van der Waals surface area contributed by atoms with Crippen LogP contribution >= 0.6 is 0 Å². The molecule has 0 heterocycles. The lowest BCUT2D eigenvalue weighted by Gasteiger charge is -2.27. The Bertz CT molecular complexity index is 418. The molecule has 2 N–H and O–H groups in total. The lowest BCUT2D eigenvalue weighted by Crippen LogP contribution is -2.53. The summed E-state index contributed by atoms with van der Waals surface area (Å²) in [5.74, 6) is -2.02. The molecule has 5 heteroatoms. The van der Waals surface area contributed by atoms with Crippen LogP contribution in [0.25, 0.3) is 0 Å². The molecular formula is C13H17NO4. The maximum Gasteiger partial charge on any atom is 0.343 e. The number of nitrogens with one attached hydrogen (secondary N) is 1. The fourth-order valence-electron chi connectivity index (χ4n) is 1.60. The molecule has 1 aromatic rings. The highest BCUT2D eigenvalue weighted by Crippen LogP contribution is 2.21. The summed E-state index contributed by atoms with van der Waals surface area (Å²) in [6.45, 7) is 3.41. The molecule has 98 valence electrons. The number of carboxylic acid groups (broad SMARTS) is 1. The molecule has 1 atom stereocenters. The zero-order valence-corrected chi connectivity index (χ0v) is 10.5. The second-order valence-corrected chi connectivity index (χ2v) is 3.78. The van der Waals surface area contributed by atoms with Crippen LogP contribution in [0, 0.1) is 0 Å². The molecule has 0 saturated heterocycles. The lowest BCUT2D eigenvalue weighted by atomic mass is 9.95. The Morgan fingerprint density at radius 3 is 2.33 bits per heavy atom. The van der Waals surface area contributed by atoms with Crippen LogP contribution in [0.15, 0.2) is 30.3 Å².